The molecule has 0 aliphatic carbocycles. The second-order valence-electron chi connectivity index (χ2n) is 4.30. The summed E-state index contributed by atoms with van der Waals surface area (Å²) in [6, 6.07) is 6.38. The molecule has 2 rings (SSSR count). The molecule has 0 saturated carbocycles. The first-order valence-corrected chi connectivity index (χ1v) is 5.37. The van der Waals surface area contributed by atoms with Crippen molar-refractivity contribution in [3.63, 3.8) is 0 Å². The molecule has 0 aliphatic rings. The monoisotopic (exact) mass is 215 g/mol. The fraction of sp³-hybridized carbons (Fsp3) is 0.308. The molecule has 2 aromatic rings. The van der Waals surface area contributed by atoms with Crippen molar-refractivity contribution in [3.05, 3.63) is 34.9 Å². The Balaban J connectivity index is 2.63. The Hall–Kier alpha value is -1.77. The first-order valence-electron chi connectivity index (χ1n) is 5.37. The van der Waals surface area contributed by atoms with Crippen molar-refractivity contribution in [2.75, 3.05) is 5.73 Å². The Kier molecular flexibility index (Phi) is 2.46. The van der Waals surface area contributed by atoms with Gasteiger partial charge in [-0.15, -0.1) is 0 Å². The van der Waals surface area contributed by atoms with Gasteiger partial charge in [0.05, 0.1) is 5.69 Å². The summed E-state index contributed by atoms with van der Waals surface area (Å²) >= 11 is 0. The third-order valence-corrected chi connectivity index (χ3v) is 2.98. The minimum absolute atomic E-state index is 0.731. The summed E-state index contributed by atoms with van der Waals surface area (Å²) < 4.78 is 1.73. The summed E-state index contributed by atoms with van der Waals surface area (Å²) in [6.07, 6.45) is 0. The first-order chi connectivity index (χ1) is 7.50. The van der Waals surface area contributed by atoms with E-state index >= 15 is 0 Å². The smallest absolute Gasteiger partial charge is 0.124 e. The number of aryl methyl sites for hydroxylation is 3. The number of hydrogen-bond acceptors (Lipinski definition) is 2. The highest BCUT2D eigenvalue weighted by atomic mass is 15.3. The van der Waals surface area contributed by atoms with E-state index in [4.69, 9.17) is 5.73 Å². The summed E-state index contributed by atoms with van der Waals surface area (Å²) in [5, 5.41) is 4.46. The van der Waals surface area contributed by atoms with Crippen LogP contribution in [0.2, 0.25) is 0 Å². The van der Waals surface area contributed by atoms with Crippen molar-refractivity contribution in [1.29, 1.82) is 0 Å². The molecule has 0 amide bonds. The predicted octanol–water partition coefficient (Wildman–Crippen LogP) is 2.59. The van der Waals surface area contributed by atoms with Gasteiger partial charge in [0.1, 0.15) is 5.82 Å². The maximum atomic E-state index is 5.92. The Morgan fingerprint density at radius 1 is 1.19 bits per heavy atom. The zero-order chi connectivity index (χ0) is 11.9. The maximum Gasteiger partial charge on any atom is 0.124 e. The van der Waals surface area contributed by atoms with E-state index in [9.17, 15) is 0 Å². The molecule has 84 valence electrons. The van der Waals surface area contributed by atoms with Crippen LogP contribution in [0.1, 0.15) is 16.7 Å². The number of aromatic nitrogens is 2. The number of anilines is 1. The Labute approximate surface area is 95.9 Å². The molecule has 2 N–H and O–H groups in total. The summed E-state index contributed by atoms with van der Waals surface area (Å²) in [6.45, 7) is 6.21. The highest BCUT2D eigenvalue weighted by Gasteiger charge is 2.12. The van der Waals surface area contributed by atoms with Gasteiger partial charge in [-0.1, -0.05) is 23.8 Å². The molecule has 0 aliphatic heterocycles. The molecule has 3 nitrogen and oxygen atoms in total. The van der Waals surface area contributed by atoms with Crippen LogP contribution < -0.4 is 5.73 Å². The van der Waals surface area contributed by atoms with E-state index in [1.54, 1.807) is 4.68 Å². The fourth-order valence-corrected chi connectivity index (χ4v) is 1.98. The van der Waals surface area contributed by atoms with Gasteiger partial charge in [-0.05, 0) is 26.3 Å². The number of nitrogen functional groups attached to an aromatic ring is 1. The second kappa shape index (κ2) is 3.67. The molecule has 1 heterocycles. The van der Waals surface area contributed by atoms with Crippen LogP contribution in [0.25, 0.3) is 11.3 Å². The average Bonchev–Trinajstić information content (AvgIpc) is 2.46. The van der Waals surface area contributed by atoms with E-state index in [2.05, 4.69) is 37.1 Å². The zero-order valence-corrected chi connectivity index (χ0v) is 10.2. The summed E-state index contributed by atoms with van der Waals surface area (Å²) in [4.78, 5) is 0. The highest BCUT2D eigenvalue weighted by Crippen LogP contribution is 2.28. The molecule has 0 unspecified atom stereocenters. The summed E-state index contributed by atoms with van der Waals surface area (Å²) in [5.74, 6) is 0.731. The number of hydrogen-bond donors (Lipinski definition) is 1. The molecule has 0 atom stereocenters. The van der Waals surface area contributed by atoms with Crippen LogP contribution in [0.15, 0.2) is 18.2 Å². The molecule has 0 saturated heterocycles. The lowest BCUT2D eigenvalue weighted by Gasteiger charge is -2.04. The fourth-order valence-electron chi connectivity index (χ4n) is 1.98. The summed E-state index contributed by atoms with van der Waals surface area (Å²) in [7, 11) is 1.87. The first kappa shape index (κ1) is 10.7. The molecule has 0 radical (unpaired) electrons. The molecular formula is C13H17N3. The number of nitrogens with zero attached hydrogens (tertiary/aromatic N) is 2. The average molecular weight is 215 g/mol. The van der Waals surface area contributed by atoms with Crippen molar-refractivity contribution in [1.82, 2.24) is 9.78 Å². The number of benzene rings is 1. The van der Waals surface area contributed by atoms with Crippen LogP contribution in [-0.4, -0.2) is 9.78 Å². The van der Waals surface area contributed by atoms with Crippen molar-refractivity contribution < 1.29 is 0 Å². The highest BCUT2D eigenvalue weighted by molar-refractivity contribution is 5.70. The molecule has 0 fully saturated rings. The molecule has 1 aromatic carbocycles. The quantitative estimate of drug-likeness (QED) is 0.794. The van der Waals surface area contributed by atoms with Crippen molar-refractivity contribution in [3.8, 4) is 11.3 Å². The van der Waals surface area contributed by atoms with Gasteiger partial charge in [0.15, 0.2) is 0 Å². The molecule has 3 heteroatoms. The van der Waals surface area contributed by atoms with Gasteiger partial charge < -0.3 is 5.73 Å². The third kappa shape index (κ3) is 1.58. The zero-order valence-electron chi connectivity index (χ0n) is 10.2. The van der Waals surface area contributed by atoms with Gasteiger partial charge in [-0.2, -0.15) is 5.10 Å². The molecule has 1 aromatic heterocycles. The van der Waals surface area contributed by atoms with Crippen LogP contribution >= 0.6 is 0 Å². The van der Waals surface area contributed by atoms with E-state index in [1.807, 2.05) is 14.0 Å². The Bertz CT molecular complexity index is 538. The summed E-state index contributed by atoms with van der Waals surface area (Å²) in [5.41, 5.74) is 11.6. The van der Waals surface area contributed by atoms with Crippen LogP contribution in [0.4, 0.5) is 5.82 Å². The number of rotatable bonds is 1. The van der Waals surface area contributed by atoms with Gasteiger partial charge in [-0.25, -0.2) is 0 Å². The largest absolute Gasteiger partial charge is 0.384 e. The van der Waals surface area contributed by atoms with Gasteiger partial charge in [0.2, 0.25) is 0 Å². The van der Waals surface area contributed by atoms with E-state index in [-0.39, 0.29) is 0 Å². The van der Waals surface area contributed by atoms with Crippen molar-refractivity contribution >= 4 is 5.82 Å². The minimum Gasteiger partial charge on any atom is -0.384 e. The molecule has 0 spiro atoms. The van der Waals surface area contributed by atoms with E-state index < -0.39 is 0 Å². The van der Waals surface area contributed by atoms with E-state index in [1.165, 1.54) is 11.1 Å². The molecule has 0 bridgehead atoms. The topological polar surface area (TPSA) is 43.8 Å². The van der Waals surface area contributed by atoms with Crippen LogP contribution in [0, 0.1) is 20.8 Å². The predicted molar refractivity (Wildman–Crippen MR) is 67.3 cm³/mol. The van der Waals surface area contributed by atoms with Crippen LogP contribution in [0.3, 0.4) is 0 Å². The second-order valence-corrected chi connectivity index (χ2v) is 4.30. The van der Waals surface area contributed by atoms with Gasteiger partial charge in [0, 0.05) is 18.2 Å². The number of nitrogens with two attached hydrogens (primary N) is 1. The van der Waals surface area contributed by atoms with Crippen molar-refractivity contribution in [2.24, 2.45) is 7.05 Å². The lowest BCUT2D eigenvalue weighted by Crippen LogP contribution is -1.97. The van der Waals surface area contributed by atoms with Gasteiger partial charge >= 0.3 is 0 Å². The SMILES string of the molecule is Cc1ccc(-c2nn(C)c(N)c2C)c(C)c1. The standard InChI is InChI=1S/C13H17N3/c1-8-5-6-11(9(2)7-8)12-10(3)13(14)16(4)15-12/h5-7H,14H2,1-4H3. The Morgan fingerprint density at radius 2 is 1.88 bits per heavy atom. The van der Waals surface area contributed by atoms with Crippen LogP contribution in [0.5, 0.6) is 0 Å². The maximum absolute atomic E-state index is 5.92. The van der Waals surface area contributed by atoms with Gasteiger partial charge in [-0.3, -0.25) is 4.68 Å². The third-order valence-electron chi connectivity index (χ3n) is 2.98. The van der Waals surface area contributed by atoms with E-state index in [0.29, 0.717) is 0 Å². The van der Waals surface area contributed by atoms with E-state index in [0.717, 1.165) is 22.6 Å². The Morgan fingerprint density at radius 3 is 2.38 bits per heavy atom. The van der Waals surface area contributed by atoms with Crippen molar-refractivity contribution in [2.45, 2.75) is 20.8 Å². The lowest BCUT2D eigenvalue weighted by molar-refractivity contribution is 0.782. The minimum atomic E-state index is 0.731. The van der Waals surface area contributed by atoms with Crippen LogP contribution in [-0.2, 0) is 7.05 Å². The molecular weight excluding hydrogens is 198 g/mol. The van der Waals surface area contributed by atoms with Gasteiger partial charge in [0.25, 0.3) is 0 Å². The lowest BCUT2D eigenvalue weighted by atomic mass is 10.0. The molecule has 16 heavy (non-hydrogen) atoms. The normalized spacial score (nSPS) is 10.8.